The Bertz CT molecular complexity index is 667. The van der Waals surface area contributed by atoms with Gasteiger partial charge in [-0.1, -0.05) is 24.8 Å². The highest BCUT2D eigenvalue weighted by Crippen LogP contribution is 2.25. The van der Waals surface area contributed by atoms with Crippen LogP contribution in [0, 0.1) is 12.3 Å². The van der Waals surface area contributed by atoms with E-state index in [-0.39, 0.29) is 6.61 Å². The van der Waals surface area contributed by atoms with Gasteiger partial charge in [-0.15, -0.1) is 6.42 Å². The van der Waals surface area contributed by atoms with Crippen molar-refractivity contribution in [2.75, 3.05) is 19.7 Å². The minimum atomic E-state index is -0.543. The van der Waals surface area contributed by atoms with Gasteiger partial charge in [0.2, 0.25) is 0 Å². The summed E-state index contributed by atoms with van der Waals surface area (Å²) in [5.74, 6) is 3.51. The summed E-state index contributed by atoms with van der Waals surface area (Å²) in [6.45, 7) is 1.44. The number of fused-ring (bicyclic) bond motifs is 1. The standard InChI is InChI=1S/C19H24N2O2/c1-2-12-21(15-6-3-4-7-15)13-16(22)14-23-19-9-5-8-18-17(19)10-11-20-18/h1,5,8-11,15-16,20,22H,3-4,6-7,12-14H2. The first-order valence-corrected chi connectivity index (χ1v) is 8.32. The van der Waals surface area contributed by atoms with E-state index in [0.717, 1.165) is 16.7 Å². The average molecular weight is 312 g/mol. The molecule has 0 radical (unpaired) electrons. The van der Waals surface area contributed by atoms with Crippen molar-refractivity contribution in [1.29, 1.82) is 0 Å². The molecule has 1 aromatic heterocycles. The summed E-state index contributed by atoms with van der Waals surface area (Å²) >= 11 is 0. The lowest BCUT2D eigenvalue weighted by molar-refractivity contribution is 0.0591. The van der Waals surface area contributed by atoms with E-state index in [1.165, 1.54) is 25.7 Å². The SMILES string of the molecule is C#CCN(CC(O)COc1cccc2[nH]ccc12)C1CCCC1. The molecule has 1 aliphatic rings. The Morgan fingerprint density at radius 1 is 1.35 bits per heavy atom. The van der Waals surface area contributed by atoms with Crippen LogP contribution < -0.4 is 4.74 Å². The molecule has 1 aliphatic carbocycles. The van der Waals surface area contributed by atoms with Crippen LogP contribution in [0.2, 0.25) is 0 Å². The number of aromatic amines is 1. The number of H-pyrrole nitrogens is 1. The molecule has 23 heavy (non-hydrogen) atoms. The van der Waals surface area contributed by atoms with Gasteiger partial charge in [0.25, 0.3) is 0 Å². The second-order valence-electron chi connectivity index (χ2n) is 6.23. The maximum atomic E-state index is 10.3. The van der Waals surface area contributed by atoms with Crippen molar-refractivity contribution in [3.63, 3.8) is 0 Å². The van der Waals surface area contributed by atoms with Crippen LogP contribution in [0.25, 0.3) is 10.9 Å². The molecule has 4 nitrogen and oxygen atoms in total. The topological polar surface area (TPSA) is 48.5 Å². The highest BCUT2D eigenvalue weighted by atomic mass is 16.5. The normalized spacial score (nSPS) is 16.7. The van der Waals surface area contributed by atoms with Crippen LogP contribution in [0.3, 0.4) is 0 Å². The zero-order valence-corrected chi connectivity index (χ0v) is 13.4. The first-order valence-electron chi connectivity index (χ1n) is 8.32. The zero-order valence-electron chi connectivity index (χ0n) is 13.4. The maximum Gasteiger partial charge on any atom is 0.128 e. The van der Waals surface area contributed by atoms with Gasteiger partial charge >= 0.3 is 0 Å². The van der Waals surface area contributed by atoms with Crippen LogP contribution in [0.5, 0.6) is 5.75 Å². The summed E-state index contributed by atoms with van der Waals surface area (Å²) in [7, 11) is 0. The Labute approximate surface area is 137 Å². The van der Waals surface area contributed by atoms with E-state index in [9.17, 15) is 5.11 Å². The van der Waals surface area contributed by atoms with Crippen molar-refractivity contribution in [2.45, 2.75) is 37.8 Å². The molecule has 0 amide bonds. The third-order valence-electron chi connectivity index (χ3n) is 4.57. The minimum Gasteiger partial charge on any atom is -0.490 e. The maximum absolute atomic E-state index is 10.3. The molecule has 1 aromatic carbocycles. The van der Waals surface area contributed by atoms with Crippen LogP contribution in [0.15, 0.2) is 30.5 Å². The van der Waals surface area contributed by atoms with E-state index in [1.807, 2.05) is 30.5 Å². The second-order valence-corrected chi connectivity index (χ2v) is 6.23. The minimum absolute atomic E-state index is 0.276. The first-order chi connectivity index (χ1) is 11.3. The van der Waals surface area contributed by atoms with Gasteiger partial charge in [0.15, 0.2) is 0 Å². The summed E-state index contributed by atoms with van der Waals surface area (Å²) in [5.41, 5.74) is 1.04. The fourth-order valence-corrected chi connectivity index (χ4v) is 3.42. The number of benzene rings is 1. The van der Waals surface area contributed by atoms with Crippen molar-refractivity contribution >= 4 is 10.9 Å². The number of terminal acetylenes is 1. The quantitative estimate of drug-likeness (QED) is 0.773. The van der Waals surface area contributed by atoms with Gasteiger partial charge in [0, 0.05) is 29.7 Å². The van der Waals surface area contributed by atoms with Crippen LogP contribution in [-0.4, -0.2) is 46.8 Å². The fraction of sp³-hybridized carbons (Fsp3) is 0.474. The Morgan fingerprint density at radius 3 is 2.96 bits per heavy atom. The molecule has 0 bridgehead atoms. The molecule has 1 saturated carbocycles. The molecule has 4 heteroatoms. The molecule has 2 N–H and O–H groups in total. The van der Waals surface area contributed by atoms with Crippen LogP contribution >= 0.6 is 0 Å². The lowest BCUT2D eigenvalue weighted by Gasteiger charge is -2.28. The lowest BCUT2D eigenvalue weighted by Crippen LogP contribution is -2.41. The number of aromatic nitrogens is 1. The van der Waals surface area contributed by atoms with E-state index in [2.05, 4.69) is 15.8 Å². The van der Waals surface area contributed by atoms with Crippen molar-refractivity contribution in [1.82, 2.24) is 9.88 Å². The van der Waals surface area contributed by atoms with Gasteiger partial charge in [-0.3, -0.25) is 4.90 Å². The molecule has 122 valence electrons. The third kappa shape index (κ3) is 3.87. The van der Waals surface area contributed by atoms with Crippen molar-refractivity contribution < 1.29 is 9.84 Å². The second kappa shape index (κ2) is 7.54. The average Bonchev–Trinajstić information content (AvgIpc) is 3.23. The number of hydrogen-bond donors (Lipinski definition) is 2. The lowest BCUT2D eigenvalue weighted by atomic mass is 10.2. The predicted octanol–water partition coefficient (Wildman–Crippen LogP) is 2.79. The van der Waals surface area contributed by atoms with Crippen molar-refractivity contribution in [2.24, 2.45) is 0 Å². The molecule has 1 heterocycles. The number of aliphatic hydroxyl groups excluding tert-OH is 1. The van der Waals surface area contributed by atoms with Crippen molar-refractivity contribution in [3.05, 3.63) is 30.5 Å². The Balaban J connectivity index is 1.57. The van der Waals surface area contributed by atoms with Crippen molar-refractivity contribution in [3.8, 4) is 18.1 Å². The fourth-order valence-electron chi connectivity index (χ4n) is 3.42. The number of aliphatic hydroxyl groups is 1. The Kier molecular flexibility index (Phi) is 5.22. The molecular weight excluding hydrogens is 288 g/mol. The highest BCUT2D eigenvalue weighted by molar-refractivity contribution is 5.85. The predicted molar refractivity (Wildman–Crippen MR) is 92.5 cm³/mol. The van der Waals surface area contributed by atoms with Crippen LogP contribution in [0.1, 0.15) is 25.7 Å². The van der Waals surface area contributed by atoms with Gasteiger partial charge < -0.3 is 14.8 Å². The summed E-state index contributed by atoms with van der Waals surface area (Å²) < 4.78 is 5.83. The number of rotatable bonds is 7. The van der Waals surface area contributed by atoms with Gasteiger partial charge in [0.05, 0.1) is 6.54 Å². The largest absolute Gasteiger partial charge is 0.490 e. The molecule has 1 fully saturated rings. The molecule has 1 atom stereocenters. The van der Waals surface area contributed by atoms with Gasteiger partial charge in [-0.05, 0) is 31.0 Å². The number of ether oxygens (including phenoxy) is 1. The summed E-state index contributed by atoms with van der Waals surface area (Å²) in [5, 5.41) is 11.4. The first kappa shape index (κ1) is 15.9. The van der Waals surface area contributed by atoms with E-state index < -0.39 is 6.10 Å². The molecule has 0 saturated heterocycles. The molecule has 0 aliphatic heterocycles. The van der Waals surface area contributed by atoms with Crippen LogP contribution in [-0.2, 0) is 0 Å². The van der Waals surface area contributed by atoms with Gasteiger partial charge in [-0.2, -0.15) is 0 Å². The van der Waals surface area contributed by atoms with E-state index in [0.29, 0.717) is 19.1 Å². The molecule has 1 unspecified atom stereocenters. The number of nitrogens with zero attached hydrogens (tertiary/aromatic N) is 1. The third-order valence-corrected chi connectivity index (χ3v) is 4.57. The van der Waals surface area contributed by atoms with E-state index in [4.69, 9.17) is 11.2 Å². The highest BCUT2D eigenvalue weighted by Gasteiger charge is 2.24. The summed E-state index contributed by atoms with van der Waals surface area (Å²) in [6, 6.07) is 8.38. The number of hydrogen-bond acceptors (Lipinski definition) is 3. The monoisotopic (exact) mass is 312 g/mol. The summed E-state index contributed by atoms with van der Waals surface area (Å²) in [4.78, 5) is 5.38. The Morgan fingerprint density at radius 2 is 2.17 bits per heavy atom. The Hall–Kier alpha value is -1.96. The molecular formula is C19H24N2O2. The molecule has 2 aromatic rings. The molecule has 3 rings (SSSR count). The number of nitrogens with one attached hydrogen (secondary N) is 1. The summed E-state index contributed by atoms with van der Waals surface area (Å²) in [6.07, 6.45) is 11.7. The van der Waals surface area contributed by atoms with E-state index >= 15 is 0 Å². The van der Waals surface area contributed by atoms with Gasteiger partial charge in [-0.25, -0.2) is 0 Å². The molecule has 0 spiro atoms. The van der Waals surface area contributed by atoms with Crippen LogP contribution in [0.4, 0.5) is 0 Å². The van der Waals surface area contributed by atoms with Gasteiger partial charge in [0.1, 0.15) is 18.5 Å². The smallest absolute Gasteiger partial charge is 0.128 e. The van der Waals surface area contributed by atoms with E-state index in [1.54, 1.807) is 0 Å². The zero-order chi connectivity index (χ0) is 16.1.